The number of sulfonamides is 1. The Bertz CT molecular complexity index is 1110. The molecule has 0 heterocycles. The van der Waals surface area contributed by atoms with Gasteiger partial charge in [-0.05, 0) is 62.6 Å². The first kappa shape index (κ1) is 29.1. The van der Waals surface area contributed by atoms with E-state index in [-0.39, 0.29) is 43.8 Å². The van der Waals surface area contributed by atoms with E-state index in [1.165, 1.54) is 4.31 Å². The Balaban J connectivity index is 2.16. The van der Waals surface area contributed by atoms with Gasteiger partial charge in [0.05, 0.1) is 11.9 Å². The zero-order chi connectivity index (χ0) is 26.2. The van der Waals surface area contributed by atoms with Gasteiger partial charge in [-0.15, -0.1) is 0 Å². The second kappa shape index (κ2) is 13.3. The molecule has 2 aromatic rings. The van der Waals surface area contributed by atoms with E-state index >= 15 is 0 Å². The average Bonchev–Trinajstić information content (AvgIpc) is 2.79. The number of hydrogen-bond donors (Lipinski definition) is 1. The Morgan fingerprint density at radius 2 is 1.77 bits per heavy atom. The van der Waals surface area contributed by atoms with Gasteiger partial charge in [-0.25, -0.2) is 8.42 Å². The molecule has 0 aliphatic heterocycles. The maximum absolute atomic E-state index is 13.3. The molecule has 0 unspecified atom stereocenters. The molecule has 7 nitrogen and oxygen atoms in total. The summed E-state index contributed by atoms with van der Waals surface area (Å²) in [5.74, 6) is -0.444. The fraction of sp³-hybridized carbons (Fsp3) is 0.440. The standard InChI is InChI=1S/C25H33BrClN3O4S/c1-5-18(2)28-25(32)19(3)29(17-20-11-13-21(26)14-12-20)24(31)10-7-15-30(35(4,33)34)23-9-6-8-22(27)16-23/h6,8-9,11-14,16,18-19H,5,7,10,15,17H2,1-4H3,(H,28,32)/t18-,19-/m1/s1. The monoisotopic (exact) mass is 585 g/mol. The molecule has 0 aromatic heterocycles. The molecule has 0 saturated heterocycles. The van der Waals surface area contributed by atoms with Crippen LogP contribution in [0.1, 0.15) is 45.6 Å². The lowest BCUT2D eigenvalue weighted by molar-refractivity contribution is -0.140. The number of benzene rings is 2. The van der Waals surface area contributed by atoms with E-state index in [0.717, 1.165) is 22.7 Å². The highest BCUT2D eigenvalue weighted by atomic mass is 79.9. The number of carbonyl (C=O) groups excluding carboxylic acids is 2. The summed E-state index contributed by atoms with van der Waals surface area (Å²) in [6, 6.07) is 13.5. The van der Waals surface area contributed by atoms with Crippen LogP contribution in [0.15, 0.2) is 53.0 Å². The van der Waals surface area contributed by atoms with Gasteiger partial charge in [-0.3, -0.25) is 13.9 Å². The van der Waals surface area contributed by atoms with Crippen LogP contribution in [0, 0.1) is 0 Å². The Morgan fingerprint density at radius 1 is 1.11 bits per heavy atom. The molecule has 0 fully saturated rings. The predicted molar refractivity (Wildman–Crippen MR) is 145 cm³/mol. The molecule has 0 spiro atoms. The Labute approximate surface area is 222 Å². The molecule has 0 saturated carbocycles. The van der Waals surface area contributed by atoms with Gasteiger partial charge in [0, 0.05) is 35.0 Å². The molecule has 2 rings (SSSR count). The highest BCUT2D eigenvalue weighted by molar-refractivity contribution is 9.10. The van der Waals surface area contributed by atoms with Crippen LogP contribution in [0.4, 0.5) is 5.69 Å². The molecule has 35 heavy (non-hydrogen) atoms. The molecule has 192 valence electrons. The van der Waals surface area contributed by atoms with E-state index in [2.05, 4.69) is 21.2 Å². The van der Waals surface area contributed by atoms with Crippen LogP contribution in [0.5, 0.6) is 0 Å². The summed E-state index contributed by atoms with van der Waals surface area (Å²) in [5, 5.41) is 3.37. The molecule has 0 aliphatic rings. The molecule has 2 amide bonds. The van der Waals surface area contributed by atoms with E-state index < -0.39 is 16.1 Å². The molecule has 0 aliphatic carbocycles. The van der Waals surface area contributed by atoms with Crippen LogP contribution in [0.25, 0.3) is 0 Å². The lowest BCUT2D eigenvalue weighted by Crippen LogP contribution is -2.49. The Morgan fingerprint density at radius 3 is 2.34 bits per heavy atom. The number of rotatable bonds is 12. The second-order valence-electron chi connectivity index (χ2n) is 8.56. The number of anilines is 1. The molecular weight excluding hydrogens is 554 g/mol. The van der Waals surface area contributed by atoms with Crippen LogP contribution in [-0.2, 0) is 26.2 Å². The number of halogens is 2. The molecule has 0 radical (unpaired) electrons. The van der Waals surface area contributed by atoms with Crippen molar-refractivity contribution in [2.45, 2.75) is 58.7 Å². The minimum absolute atomic E-state index is 0.00408. The minimum Gasteiger partial charge on any atom is -0.352 e. The third-order valence-corrected chi connectivity index (χ3v) is 7.64. The van der Waals surface area contributed by atoms with Crippen molar-refractivity contribution >= 4 is 55.1 Å². The zero-order valence-corrected chi connectivity index (χ0v) is 23.7. The normalized spacial score (nSPS) is 13.1. The summed E-state index contributed by atoms with van der Waals surface area (Å²) in [6.45, 7) is 5.99. The summed E-state index contributed by atoms with van der Waals surface area (Å²) >= 11 is 9.45. The van der Waals surface area contributed by atoms with Crippen molar-refractivity contribution < 1.29 is 18.0 Å². The highest BCUT2D eigenvalue weighted by Gasteiger charge is 2.27. The van der Waals surface area contributed by atoms with Crippen molar-refractivity contribution in [2.75, 3.05) is 17.1 Å². The van der Waals surface area contributed by atoms with Gasteiger partial charge in [0.2, 0.25) is 21.8 Å². The topological polar surface area (TPSA) is 86.8 Å². The number of carbonyl (C=O) groups is 2. The first-order chi connectivity index (χ1) is 16.4. The summed E-state index contributed by atoms with van der Waals surface area (Å²) in [4.78, 5) is 27.7. The van der Waals surface area contributed by atoms with Gasteiger partial charge in [-0.1, -0.05) is 52.7 Å². The van der Waals surface area contributed by atoms with E-state index in [0.29, 0.717) is 10.7 Å². The number of amides is 2. The summed E-state index contributed by atoms with van der Waals surface area (Å²) < 4.78 is 26.9. The van der Waals surface area contributed by atoms with Crippen molar-refractivity contribution in [2.24, 2.45) is 0 Å². The molecular formula is C25H33BrClN3O4S. The highest BCUT2D eigenvalue weighted by Crippen LogP contribution is 2.23. The third-order valence-electron chi connectivity index (χ3n) is 5.68. The van der Waals surface area contributed by atoms with Crippen LogP contribution in [-0.4, -0.2) is 50.0 Å². The summed E-state index contributed by atoms with van der Waals surface area (Å²) in [5.41, 5.74) is 1.34. The molecule has 1 N–H and O–H groups in total. The van der Waals surface area contributed by atoms with Gasteiger partial charge < -0.3 is 10.2 Å². The maximum Gasteiger partial charge on any atom is 0.242 e. The van der Waals surface area contributed by atoms with Crippen molar-refractivity contribution in [1.29, 1.82) is 0 Å². The molecule has 2 atom stereocenters. The SMILES string of the molecule is CC[C@@H](C)NC(=O)[C@@H](C)N(Cc1ccc(Br)cc1)C(=O)CCCN(c1cccc(Cl)c1)S(C)(=O)=O. The van der Waals surface area contributed by atoms with E-state index in [1.54, 1.807) is 36.1 Å². The Hall–Kier alpha value is -2.10. The van der Waals surface area contributed by atoms with Crippen LogP contribution >= 0.6 is 27.5 Å². The number of nitrogens with one attached hydrogen (secondary N) is 1. The lowest BCUT2D eigenvalue weighted by Gasteiger charge is -2.30. The van der Waals surface area contributed by atoms with Crippen LogP contribution in [0.2, 0.25) is 5.02 Å². The van der Waals surface area contributed by atoms with Gasteiger partial charge in [-0.2, -0.15) is 0 Å². The first-order valence-corrected chi connectivity index (χ1v) is 14.5. The predicted octanol–water partition coefficient (Wildman–Crippen LogP) is 4.98. The van der Waals surface area contributed by atoms with Crippen LogP contribution < -0.4 is 9.62 Å². The molecule has 10 heteroatoms. The fourth-order valence-electron chi connectivity index (χ4n) is 3.47. The van der Waals surface area contributed by atoms with Gasteiger partial charge >= 0.3 is 0 Å². The fourth-order valence-corrected chi connectivity index (χ4v) is 4.88. The van der Waals surface area contributed by atoms with E-state index in [4.69, 9.17) is 11.6 Å². The quantitative estimate of drug-likeness (QED) is 0.380. The Kier molecular flexibility index (Phi) is 11.0. The largest absolute Gasteiger partial charge is 0.352 e. The molecule has 0 bridgehead atoms. The maximum atomic E-state index is 13.3. The van der Waals surface area contributed by atoms with Gasteiger partial charge in [0.15, 0.2) is 0 Å². The van der Waals surface area contributed by atoms with Crippen molar-refractivity contribution in [1.82, 2.24) is 10.2 Å². The zero-order valence-electron chi connectivity index (χ0n) is 20.5. The summed E-state index contributed by atoms with van der Waals surface area (Å²) in [7, 11) is -3.57. The van der Waals surface area contributed by atoms with Gasteiger partial charge in [0.25, 0.3) is 0 Å². The van der Waals surface area contributed by atoms with E-state index in [1.807, 2.05) is 38.1 Å². The minimum atomic E-state index is -3.57. The second-order valence-corrected chi connectivity index (χ2v) is 11.8. The lowest BCUT2D eigenvalue weighted by atomic mass is 10.1. The van der Waals surface area contributed by atoms with Crippen molar-refractivity contribution in [3.05, 3.63) is 63.6 Å². The number of hydrogen-bond acceptors (Lipinski definition) is 4. The first-order valence-electron chi connectivity index (χ1n) is 11.5. The van der Waals surface area contributed by atoms with Gasteiger partial charge in [0.1, 0.15) is 6.04 Å². The molecule has 2 aromatic carbocycles. The van der Waals surface area contributed by atoms with Crippen LogP contribution in [0.3, 0.4) is 0 Å². The van der Waals surface area contributed by atoms with Crippen molar-refractivity contribution in [3.8, 4) is 0 Å². The smallest absolute Gasteiger partial charge is 0.242 e. The summed E-state index contributed by atoms with van der Waals surface area (Å²) in [6.07, 6.45) is 2.28. The number of nitrogens with zero attached hydrogens (tertiary/aromatic N) is 2. The average molecular weight is 587 g/mol. The third kappa shape index (κ3) is 9.13. The van der Waals surface area contributed by atoms with Crippen molar-refractivity contribution in [3.63, 3.8) is 0 Å². The van der Waals surface area contributed by atoms with E-state index in [9.17, 15) is 18.0 Å².